The third kappa shape index (κ3) is 7.82. The lowest BCUT2D eigenvalue weighted by atomic mass is 10.2. The average Bonchev–Trinajstić information content (AvgIpc) is 2.46. The minimum Gasteiger partial charge on any atom is -0.494 e. The Morgan fingerprint density at radius 3 is 2.21 bits per heavy atom. The van der Waals surface area contributed by atoms with Crippen LogP contribution in [0.15, 0.2) is 24.3 Å². The van der Waals surface area contributed by atoms with Crippen LogP contribution in [0.4, 0.5) is 0 Å². The van der Waals surface area contributed by atoms with Gasteiger partial charge in [-0.1, -0.05) is 19.1 Å². The number of rotatable bonds is 11. The normalized spacial score (nSPS) is 10.6. The molecule has 4 heteroatoms. The summed E-state index contributed by atoms with van der Waals surface area (Å²) in [5, 5.41) is 0. The zero-order valence-corrected chi connectivity index (χ0v) is 11.8. The molecule has 0 amide bonds. The van der Waals surface area contributed by atoms with Crippen molar-refractivity contribution in [1.82, 2.24) is 0 Å². The van der Waals surface area contributed by atoms with Gasteiger partial charge in [0.15, 0.2) is 0 Å². The molecule has 0 atom stereocenters. The summed E-state index contributed by atoms with van der Waals surface area (Å²) in [6.07, 6.45) is 1.94. The predicted octanol–water partition coefficient (Wildman–Crippen LogP) is 2.01. The van der Waals surface area contributed by atoms with Gasteiger partial charge in [0.1, 0.15) is 5.75 Å². The van der Waals surface area contributed by atoms with Crippen molar-refractivity contribution in [2.45, 2.75) is 19.8 Å². The summed E-state index contributed by atoms with van der Waals surface area (Å²) in [6, 6.07) is 8.22. The monoisotopic (exact) mass is 267 g/mol. The van der Waals surface area contributed by atoms with Gasteiger partial charge in [0, 0.05) is 19.6 Å². The molecule has 0 spiro atoms. The topological polar surface area (TPSA) is 53.7 Å². The minimum atomic E-state index is 0.560. The molecule has 1 rings (SSSR count). The maximum Gasteiger partial charge on any atom is 0.119 e. The summed E-state index contributed by atoms with van der Waals surface area (Å²) in [6.45, 7) is 5.89. The van der Waals surface area contributed by atoms with Gasteiger partial charge in [-0.25, -0.2) is 0 Å². The van der Waals surface area contributed by atoms with Gasteiger partial charge in [0.2, 0.25) is 0 Å². The summed E-state index contributed by atoms with van der Waals surface area (Å²) in [5.41, 5.74) is 6.63. The smallest absolute Gasteiger partial charge is 0.119 e. The molecule has 0 saturated heterocycles. The Kier molecular flexibility index (Phi) is 9.06. The van der Waals surface area contributed by atoms with E-state index in [4.69, 9.17) is 19.9 Å². The molecule has 0 aliphatic carbocycles. The molecule has 0 aliphatic rings. The van der Waals surface area contributed by atoms with Crippen LogP contribution in [0.1, 0.15) is 18.9 Å². The zero-order chi connectivity index (χ0) is 13.8. The van der Waals surface area contributed by atoms with E-state index >= 15 is 0 Å². The van der Waals surface area contributed by atoms with Crippen molar-refractivity contribution in [1.29, 1.82) is 0 Å². The molecular formula is C15H25NO3. The van der Waals surface area contributed by atoms with Crippen molar-refractivity contribution in [3.63, 3.8) is 0 Å². The number of ether oxygens (including phenoxy) is 3. The Morgan fingerprint density at radius 1 is 0.895 bits per heavy atom. The lowest BCUT2D eigenvalue weighted by molar-refractivity contribution is 0.0463. The molecule has 108 valence electrons. The van der Waals surface area contributed by atoms with Crippen molar-refractivity contribution < 1.29 is 14.2 Å². The summed E-state index contributed by atoms with van der Waals surface area (Å²) < 4.78 is 16.2. The molecule has 0 aliphatic heterocycles. The lowest BCUT2D eigenvalue weighted by Crippen LogP contribution is -2.12. The van der Waals surface area contributed by atoms with E-state index in [1.54, 1.807) is 0 Å². The van der Waals surface area contributed by atoms with Crippen molar-refractivity contribution in [2.24, 2.45) is 5.73 Å². The quantitative estimate of drug-likeness (QED) is 0.623. The highest BCUT2D eigenvalue weighted by Gasteiger charge is 1.95. The molecule has 1 aromatic rings. The molecule has 0 saturated carbocycles. The van der Waals surface area contributed by atoms with E-state index in [0.29, 0.717) is 39.6 Å². The summed E-state index contributed by atoms with van der Waals surface area (Å²) in [4.78, 5) is 0. The molecular weight excluding hydrogens is 242 g/mol. The fraction of sp³-hybridized carbons (Fsp3) is 0.600. The molecule has 0 radical (unpaired) electrons. The van der Waals surface area contributed by atoms with E-state index in [1.165, 1.54) is 5.56 Å². The third-order valence-corrected chi connectivity index (χ3v) is 2.67. The lowest BCUT2D eigenvalue weighted by Gasteiger charge is -2.07. The van der Waals surface area contributed by atoms with E-state index < -0.39 is 0 Å². The Hall–Kier alpha value is -1.10. The summed E-state index contributed by atoms with van der Waals surface area (Å²) >= 11 is 0. The number of hydrogen-bond acceptors (Lipinski definition) is 4. The van der Waals surface area contributed by atoms with Crippen LogP contribution >= 0.6 is 0 Å². The second kappa shape index (κ2) is 10.8. The maximum absolute atomic E-state index is 5.62. The molecule has 0 heterocycles. The van der Waals surface area contributed by atoms with Crippen molar-refractivity contribution in [3.05, 3.63) is 29.8 Å². The fourth-order valence-electron chi connectivity index (χ4n) is 1.58. The molecule has 2 N–H and O–H groups in total. The van der Waals surface area contributed by atoms with Crippen LogP contribution in [0.3, 0.4) is 0 Å². The van der Waals surface area contributed by atoms with Crippen molar-refractivity contribution >= 4 is 0 Å². The van der Waals surface area contributed by atoms with Crippen LogP contribution in [0.5, 0.6) is 5.75 Å². The van der Waals surface area contributed by atoms with Gasteiger partial charge in [-0.2, -0.15) is 0 Å². The SMILES string of the molecule is CCc1ccc(OCCCOCCOCCN)cc1. The van der Waals surface area contributed by atoms with Crippen LogP contribution < -0.4 is 10.5 Å². The number of nitrogens with two attached hydrogens (primary N) is 1. The standard InChI is InChI=1S/C15H25NO3/c1-2-14-4-6-15(7-5-14)19-10-3-9-17-12-13-18-11-8-16/h4-7H,2-3,8-13,16H2,1H3. The van der Waals surface area contributed by atoms with Gasteiger partial charge in [-0.05, 0) is 24.1 Å². The molecule has 4 nitrogen and oxygen atoms in total. The number of aryl methyl sites for hydroxylation is 1. The average molecular weight is 267 g/mol. The first-order valence-corrected chi connectivity index (χ1v) is 6.94. The first kappa shape index (κ1) is 16.0. The maximum atomic E-state index is 5.62. The Morgan fingerprint density at radius 2 is 1.58 bits per heavy atom. The van der Waals surface area contributed by atoms with Crippen molar-refractivity contribution in [3.8, 4) is 5.75 Å². The van der Waals surface area contributed by atoms with E-state index in [-0.39, 0.29) is 0 Å². The Balaban J connectivity index is 1.95. The third-order valence-electron chi connectivity index (χ3n) is 2.67. The highest BCUT2D eigenvalue weighted by molar-refractivity contribution is 5.27. The highest BCUT2D eigenvalue weighted by atomic mass is 16.5. The first-order valence-electron chi connectivity index (χ1n) is 6.94. The molecule has 0 aromatic heterocycles. The second-order valence-corrected chi connectivity index (χ2v) is 4.21. The summed E-state index contributed by atoms with van der Waals surface area (Å²) in [7, 11) is 0. The van der Waals surface area contributed by atoms with Crippen LogP contribution in [0.2, 0.25) is 0 Å². The first-order chi connectivity index (χ1) is 9.36. The molecule has 1 aromatic carbocycles. The zero-order valence-electron chi connectivity index (χ0n) is 11.8. The van der Waals surface area contributed by atoms with Crippen molar-refractivity contribution in [2.75, 3.05) is 39.6 Å². The number of hydrogen-bond donors (Lipinski definition) is 1. The number of benzene rings is 1. The van der Waals surface area contributed by atoms with E-state index in [1.807, 2.05) is 12.1 Å². The van der Waals surface area contributed by atoms with E-state index in [9.17, 15) is 0 Å². The van der Waals surface area contributed by atoms with Gasteiger partial charge in [0.25, 0.3) is 0 Å². The van der Waals surface area contributed by atoms with Crippen LogP contribution in [0, 0.1) is 0 Å². The highest BCUT2D eigenvalue weighted by Crippen LogP contribution is 2.12. The molecule has 19 heavy (non-hydrogen) atoms. The van der Waals surface area contributed by atoms with Gasteiger partial charge in [-0.15, -0.1) is 0 Å². The molecule has 0 bridgehead atoms. The minimum absolute atomic E-state index is 0.560. The largest absolute Gasteiger partial charge is 0.494 e. The summed E-state index contributed by atoms with van der Waals surface area (Å²) in [5.74, 6) is 0.920. The Bertz CT molecular complexity index is 314. The predicted molar refractivity (Wildman–Crippen MR) is 76.6 cm³/mol. The molecule has 0 fully saturated rings. The molecule has 0 unspecified atom stereocenters. The van der Waals surface area contributed by atoms with Gasteiger partial charge < -0.3 is 19.9 Å². The second-order valence-electron chi connectivity index (χ2n) is 4.21. The van der Waals surface area contributed by atoms with Gasteiger partial charge >= 0.3 is 0 Å². The van der Waals surface area contributed by atoms with E-state index in [0.717, 1.165) is 18.6 Å². The van der Waals surface area contributed by atoms with Crippen LogP contribution in [-0.4, -0.2) is 39.6 Å². The van der Waals surface area contributed by atoms with Crippen LogP contribution in [0.25, 0.3) is 0 Å². The van der Waals surface area contributed by atoms with E-state index in [2.05, 4.69) is 19.1 Å². The van der Waals surface area contributed by atoms with Crippen LogP contribution in [-0.2, 0) is 15.9 Å². The van der Waals surface area contributed by atoms with Gasteiger partial charge in [0.05, 0.1) is 26.4 Å². The van der Waals surface area contributed by atoms with Gasteiger partial charge in [-0.3, -0.25) is 0 Å². The fourth-order valence-corrected chi connectivity index (χ4v) is 1.58. The Labute approximate surface area is 115 Å².